The second-order valence-corrected chi connectivity index (χ2v) is 3.18. The van der Waals surface area contributed by atoms with E-state index in [-0.39, 0.29) is 0 Å². The van der Waals surface area contributed by atoms with Gasteiger partial charge in [0.25, 0.3) is 0 Å². The van der Waals surface area contributed by atoms with E-state index in [1.54, 1.807) is 0 Å². The molecule has 1 aromatic rings. The van der Waals surface area contributed by atoms with Gasteiger partial charge in [-0.15, -0.1) is 0 Å². The zero-order chi connectivity index (χ0) is 11.6. The summed E-state index contributed by atoms with van der Waals surface area (Å²) in [5, 5.41) is 29.0. The first kappa shape index (κ1) is 11.3. The number of rotatable bonds is 3. The molecule has 0 spiro atoms. The van der Waals surface area contributed by atoms with Gasteiger partial charge in [-0.3, -0.25) is 10.1 Å². The van der Waals surface area contributed by atoms with Crippen LogP contribution in [0.15, 0.2) is 12.1 Å². The van der Waals surface area contributed by atoms with Crippen molar-refractivity contribution in [2.45, 2.75) is 19.4 Å². The minimum absolute atomic E-state index is 0.393. The highest BCUT2D eigenvalue weighted by Gasteiger charge is 2.20. The Morgan fingerprint density at radius 2 is 2.13 bits per heavy atom. The van der Waals surface area contributed by atoms with Crippen LogP contribution in [0.1, 0.15) is 24.9 Å². The average Bonchev–Trinajstić information content (AvgIpc) is 2.20. The van der Waals surface area contributed by atoms with E-state index in [4.69, 9.17) is 5.73 Å². The maximum Gasteiger partial charge on any atom is 0.314 e. The molecule has 1 aromatic carbocycles. The van der Waals surface area contributed by atoms with Gasteiger partial charge >= 0.3 is 5.69 Å². The number of benzene rings is 1. The molecule has 1 rings (SSSR count). The van der Waals surface area contributed by atoms with Crippen molar-refractivity contribution < 1.29 is 15.1 Å². The molecule has 0 amide bonds. The molecule has 0 radical (unpaired) electrons. The Kier molecular flexibility index (Phi) is 3.11. The van der Waals surface area contributed by atoms with Crippen LogP contribution in [0.3, 0.4) is 0 Å². The number of hydrogen-bond acceptors (Lipinski definition) is 5. The van der Waals surface area contributed by atoms with Gasteiger partial charge in [0.15, 0.2) is 5.75 Å². The number of hydrogen-bond donors (Lipinski definition) is 3. The highest BCUT2D eigenvalue weighted by Crippen LogP contribution is 2.37. The van der Waals surface area contributed by atoms with Gasteiger partial charge in [-0.25, -0.2) is 0 Å². The van der Waals surface area contributed by atoms with Gasteiger partial charge in [-0.1, -0.05) is 6.92 Å². The molecule has 0 saturated heterocycles. The molecule has 0 heterocycles. The smallest absolute Gasteiger partial charge is 0.314 e. The average molecular weight is 212 g/mol. The van der Waals surface area contributed by atoms with Crippen LogP contribution in [0.25, 0.3) is 0 Å². The van der Waals surface area contributed by atoms with Crippen molar-refractivity contribution >= 4 is 5.69 Å². The van der Waals surface area contributed by atoms with Gasteiger partial charge in [0, 0.05) is 12.1 Å². The van der Waals surface area contributed by atoms with Crippen LogP contribution >= 0.6 is 0 Å². The van der Waals surface area contributed by atoms with Crippen LogP contribution in [0, 0.1) is 10.1 Å². The SMILES string of the molecule is CC[C@@H](N)c1cc(O)c(O)c([N+](=O)[O-])c1. The van der Waals surface area contributed by atoms with Gasteiger partial charge in [0.05, 0.1) is 4.92 Å². The second kappa shape index (κ2) is 4.14. The number of nitrogens with zero attached hydrogens (tertiary/aromatic N) is 1. The highest BCUT2D eigenvalue weighted by molar-refractivity contribution is 5.56. The number of nitro benzene ring substituents is 1. The lowest BCUT2D eigenvalue weighted by Crippen LogP contribution is -2.08. The summed E-state index contributed by atoms with van der Waals surface area (Å²) in [7, 11) is 0. The monoisotopic (exact) mass is 212 g/mol. The number of phenols is 2. The van der Waals surface area contributed by atoms with Crippen molar-refractivity contribution in [3.05, 3.63) is 27.8 Å². The molecule has 15 heavy (non-hydrogen) atoms. The van der Waals surface area contributed by atoms with E-state index >= 15 is 0 Å². The maximum absolute atomic E-state index is 10.5. The van der Waals surface area contributed by atoms with Crippen molar-refractivity contribution in [1.82, 2.24) is 0 Å². The summed E-state index contributed by atoms with van der Waals surface area (Å²) in [5.74, 6) is -1.25. The number of phenolic OH excluding ortho intramolecular Hbond substituents is 2. The summed E-state index contributed by atoms with van der Waals surface area (Å²) < 4.78 is 0. The third-order valence-corrected chi connectivity index (χ3v) is 2.16. The maximum atomic E-state index is 10.5. The van der Waals surface area contributed by atoms with Gasteiger partial charge in [0.1, 0.15) is 0 Å². The summed E-state index contributed by atoms with van der Waals surface area (Å²) in [6.45, 7) is 1.82. The lowest BCUT2D eigenvalue weighted by Gasteiger charge is -2.10. The highest BCUT2D eigenvalue weighted by atomic mass is 16.6. The standard InChI is InChI=1S/C9H12N2O4/c1-2-6(10)5-3-7(11(14)15)9(13)8(12)4-5/h3-4,6,12-13H,2,10H2,1H3/t6-/m1/s1. The fourth-order valence-electron chi connectivity index (χ4n) is 1.21. The Bertz CT molecular complexity index is 392. The predicted octanol–water partition coefficient (Wildman–Crippen LogP) is 1.42. The first-order valence-corrected chi connectivity index (χ1v) is 4.43. The van der Waals surface area contributed by atoms with E-state index in [1.807, 2.05) is 6.92 Å². The second-order valence-electron chi connectivity index (χ2n) is 3.18. The van der Waals surface area contributed by atoms with Crippen molar-refractivity contribution in [2.24, 2.45) is 5.73 Å². The van der Waals surface area contributed by atoms with Crippen LogP contribution < -0.4 is 5.73 Å². The van der Waals surface area contributed by atoms with Crippen molar-refractivity contribution in [1.29, 1.82) is 0 Å². The van der Waals surface area contributed by atoms with E-state index in [9.17, 15) is 20.3 Å². The Morgan fingerprint density at radius 1 is 1.53 bits per heavy atom. The van der Waals surface area contributed by atoms with E-state index < -0.39 is 28.2 Å². The fourth-order valence-corrected chi connectivity index (χ4v) is 1.21. The van der Waals surface area contributed by atoms with Crippen LogP contribution in [0.4, 0.5) is 5.69 Å². The molecule has 0 aliphatic carbocycles. The molecule has 0 saturated carbocycles. The molecular formula is C9H12N2O4. The summed E-state index contributed by atoms with van der Waals surface area (Å²) in [6.07, 6.45) is 0.585. The third-order valence-electron chi connectivity index (χ3n) is 2.16. The minimum atomic E-state index is -0.763. The molecule has 1 atom stereocenters. The Hall–Kier alpha value is -1.82. The molecule has 0 bridgehead atoms. The molecule has 4 N–H and O–H groups in total. The summed E-state index contributed by atoms with van der Waals surface area (Å²) in [6, 6.07) is 2.01. The summed E-state index contributed by atoms with van der Waals surface area (Å²) >= 11 is 0. The molecular weight excluding hydrogens is 200 g/mol. The Morgan fingerprint density at radius 3 is 2.60 bits per heavy atom. The largest absolute Gasteiger partial charge is 0.504 e. The molecule has 6 heteroatoms. The molecule has 0 unspecified atom stereocenters. The van der Waals surface area contributed by atoms with Crippen molar-refractivity contribution in [3.63, 3.8) is 0 Å². The fraction of sp³-hybridized carbons (Fsp3) is 0.333. The number of nitro groups is 1. The Balaban J connectivity index is 3.29. The van der Waals surface area contributed by atoms with E-state index in [0.717, 1.165) is 0 Å². The molecule has 82 valence electrons. The normalized spacial score (nSPS) is 12.4. The van der Waals surface area contributed by atoms with Gasteiger partial charge in [0.2, 0.25) is 5.75 Å². The van der Waals surface area contributed by atoms with Crippen molar-refractivity contribution in [2.75, 3.05) is 0 Å². The quantitative estimate of drug-likeness (QED) is 0.398. The van der Waals surface area contributed by atoms with E-state index in [1.165, 1.54) is 12.1 Å². The minimum Gasteiger partial charge on any atom is -0.504 e. The van der Waals surface area contributed by atoms with Crippen LogP contribution in [0.2, 0.25) is 0 Å². The van der Waals surface area contributed by atoms with E-state index in [0.29, 0.717) is 12.0 Å². The van der Waals surface area contributed by atoms with Crippen LogP contribution in [0.5, 0.6) is 11.5 Å². The van der Waals surface area contributed by atoms with Crippen LogP contribution in [-0.4, -0.2) is 15.1 Å². The third kappa shape index (κ3) is 2.16. The number of aromatic hydroxyl groups is 2. The topological polar surface area (TPSA) is 110 Å². The molecule has 0 aliphatic rings. The molecule has 0 fully saturated rings. The number of nitrogens with two attached hydrogens (primary N) is 1. The first-order chi connectivity index (χ1) is 6.97. The first-order valence-electron chi connectivity index (χ1n) is 4.43. The van der Waals surface area contributed by atoms with Gasteiger partial charge in [-0.2, -0.15) is 0 Å². The molecule has 0 aromatic heterocycles. The summed E-state index contributed by atoms with van der Waals surface area (Å²) in [5.41, 5.74) is 5.56. The van der Waals surface area contributed by atoms with E-state index in [2.05, 4.69) is 0 Å². The summed E-state index contributed by atoms with van der Waals surface area (Å²) in [4.78, 5) is 9.77. The lowest BCUT2D eigenvalue weighted by atomic mass is 10.0. The molecule has 6 nitrogen and oxygen atoms in total. The lowest BCUT2D eigenvalue weighted by molar-refractivity contribution is -0.386. The van der Waals surface area contributed by atoms with Crippen molar-refractivity contribution in [3.8, 4) is 11.5 Å². The predicted molar refractivity (Wildman–Crippen MR) is 53.6 cm³/mol. The van der Waals surface area contributed by atoms with Gasteiger partial charge in [-0.05, 0) is 18.1 Å². The van der Waals surface area contributed by atoms with Gasteiger partial charge < -0.3 is 15.9 Å². The zero-order valence-corrected chi connectivity index (χ0v) is 8.17. The van der Waals surface area contributed by atoms with Crippen LogP contribution in [-0.2, 0) is 0 Å². The molecule has 0 aliphatic heterocycles. The Labute approximate surface area is 86.1 Å². The zero-order valence-electron chi connectivity index (χ0n) is 8.17.